The van der Waals surface area contributed by atoms with E-state index in [9.17, 15) is 25.4 Å². The van der Waals surface area contributed by atoms with Crippen LogP contribution in [0.25, 0.3) is 11.1 Å². The van der Waals surface area contributed by atoms with E-state index in [2.05, 4.69) is 10.2 Å². The van der Waals surface area contributed by atoms with Crippen LogP contribution in [0.1, 0.15) is 0 Å². The highest BCUT2D eigenvalue weighted by molar-refractivity contribution is 5.80. The maximum Gasteiger partial charge on any atom is 0.297 e. The number of phenolic OH excluding ortho intramolecular Hbond substituents is 3. The summed E-state index contributed by atoms with van der Waals surface area (Å²) in [5.74, 6) is -1.14. The fourth-order valence-corrected chi connectivity index (χ4v) is 2.41. The highest BCUT2D eigenvalue weighted by Gasteiger charge is 2.19. The molecule has 0 aromatic heterocycles. The number of azo groups is 1. The van der Waals surface area contributed by atoms with Gasteiger partial charge in [0, 0.05) is 18.2 Å². The molecule has 0 amide bonds. The summed E-state index contributed by atoms with van der Waals surface area (Å²) >= 11 is 0. The van der Waals surface area contributed by atoms with Crippen LogP contribution in [-0.4, -0.2) is 20.2 Å². The van der Waals surface area contributed by atoms with Crippen LogP contribution in [0.2, 0.25) is 0 Å². The molecule has 0 heterocycles. The predicted octanol–water partition coefficient (Wildman–Crippen LogP) is 4.79. The topological polar surface area (TPSA) is 129 Å². The van der Waals surface area contributed by atoms with Crippen LogP contribution >= 0.6 is 0 Å². The van der Waals surface area contributed by atoms with Gasteiger partial charge in [0.1, 0.15) is 17.2 Å². The van der Waals surface area contributed by atoms with Gasteiger partial charge in [-0.1, -0.05) is 24.3 Å². The van der Waals surface area contributed by atoms with E-state index in [-0.39, 0.29) is 28.3 Å². The van der Waals surface area contributed by atoms with E-state index >= 15 is 0 Å². The molecule has 0 atom stereocenters. The van der Waals surface area contributed by atoms with Gasteiger partial charge in [-0.3, -0.25) is 10.1 Å². The van der Waals surface area contributed by atoms with Crippen molar-refractivity contribution in [2.24, 2.45) is 10.2 Å². The maximum atomic E-state index is 11.4. The minimum Gasteiger partial charge on any atom is -0.508 e. The van der Waals surface area contributed by atoms with Crippen LogP contribution < -0.4 is 0 Å². The maximum absolute atomic E-state index is 11.4. The molecule has 8 nitrogen and oxygen atoms in total. The molecule has 3 rings (SSSR count). The van der Waals surface area contributed by atoms with Gasteiger partial charge < -0.3 is 15.3 Å². The molecule has 0 aliphatic carbocycles. The summed E-state index contributed by atoms with van der Waals surface area (Å²) < 4.78 is 0. The Balaban J connectivity index is 2.06. The number of hydrogen-bond acceptors (Lipinski definition) is 7. The van der Waals surface area contributed by atoms with E-state index in [1.165, 1.54) is 18.2 Å². The van der Waals surface area contributed by atoms with Crippen molar-refractivity contribution in [1.29, 1.82) is 0 Å². The van der Waals surface area contributed by atoms with Gasteiger partial charge in [-0.15, -0.1) is 5.11 Å². The Hall–Kier alpha value is -3.94. The zero-order valence-corrected chi connectivity index (χ0v) is 13.3. The smallest absolute Gasteiger partial charge is 0.297 e. The summed E-state index contributed by atoms with van der Waals surface area (Å²) in [5.41, 5.74) is 0.400. The first-order valence-corrected chi connectivity index (χ1v) is 7.46. The van der Waals surface area contributed by atoms with Gasteiger partial charge in [0.2, 0.25) is 0 Å². The molecular formula is C18H13N3O5. The summed E-state index contributed by atoms with van der Waals surface area (Å²) in [6, 6.07) is 14.8. The monoisotopic (exact) mass is 351 g/mol. The quantitative estimate of drug-likeness (QED) is 0.353. The van der Waals surface area contributed by atoms with Gasteiger partial charge in [-0.2, -0.15) is 5.11 Å². The van der Waals surface area contributed by atoms with Gasteiger partial charge >= 0.3 is 0 Å². The molecule has 130 valence electrons. The van der Waals surface area contributed by atoms with Crippen LogP contribution in [0.4, 0.5) is 17.1 Å². The molecule has 0 saturated heterocycles. The lowest BCUT2D eigenvalue weighted by molar-refractivity contribution is -0.384. The molecule has 3 aromatic carbocycles. The Morgan fingerprint density at radius 2 is 1.50 bits per heavy atom. The molecule has 0 spiro atoms. The number of nitro benzene ring substituents is 1. The number of rotatable bonds is 4. The van der Waals surface area contributed by atoms with E-state index in [1.807, 2.05) is 6.07 Å². The molecule has 0 radical (unpaired) electrons. The molecule has 8 heteroatoms. The van der Waals surface area contributed by atoms with Crippen molar-refractivity contribution in [3.05, 3.63) is 70.8 Å². The first-order chi connectivity index (χ1) is 12.5. The van der Waals surface area contributed by atoms with Crippen molar-refractivity contribution in [1.82, 2.24) is 0 Å². The van der Waals surface area contributed by atoms with Gasteiger partial charge in [-0.05, 0) is 23.8 Å². The molecule has 26 heavy (non-hydrogen) atoms. The first kappa shape index (κ1) is 16.9. The fraction of sp³-hybridized carbons (Fsp3) is 0. The SMILES string of the molecule is O=[N+]([O-])c1cc(-c2c(O)cc(O)cc2O)ccc1N=Nc1ccccc1. The molecule has 0 unspecified atom stereocenters. The number of benzene rings is 3. The number of phenols is 3. The minimum atomic E-state index is -0.628. The molecule has 0 bridgehead atoms. The van der Waals surface area contributed by atoms with E-state index in [0.717, 1.165) is 12.1 Å². The van der Waals surface area contributed by atoms with Crippen LogP contribution in [0, 0.1) is 10.1 Å². The molecule has 3 aromatic rings. The Morgan fingerprint density at radius 3 is 2.12 bits per heavy atom. The number of aromatic hydroxyl groups is 3. The summed E-state index contributed by atoms with van der Waals surface area (Å²) in [7, 11) is 0. The average molecular weight is 351 g/mol. The molecule has 0 fully saturated rings. The van der Waals surface area contributed by atoms with Crippen molar-refractivity contribution in [2.45, 2.75) is 0 Å². The molecule has 0 aliphatic heterocycles. The molecular weight excluding hydrogens is 338 g/mol. The normalized spacial score (nSPS) is 10.9. The fourth-order valence-electron chi connectivity index (χ4n) is 2.41. The Labute approximate surface area is 147 Å². The van der Waals surface area contributed by atoms with Gasteiger partial charge in [0.05, 0.1) is 16.2 Å². The highest BCUT2D eigenvalue weighted by atomic mass is 16.6. The Bertz CT molecular complexity index is 980. The largest absolute Gasteiger partial charge is 0.508 e. The Kier molecular flexibility index (Phi) is 4.48. The van der Waals surface area contributed by atoms with Crippen LogP contribution in [0.15, 0.2) is 70.9 Å². The lowest BCUT2D eigenvalue weighted by Crippen LogP contribution is -1.90. The zero-order valence-electron chi connectivity index (χ0n) is 13.3. The predicted molar refractivity (Wildman–Crippen MR) is 94.1 cm³/mol. The second kappa shape index (κ2) is 6.89. The summed E-state index contributed by atoms with van der Waals surface area (Å²) in [6.45, 7) is 0. The van der Waals surface area contributed by atoms with E-state index in [0.29, 0.717) is 5.69 Å². The Morgan fingerprint density at radius 1 is 0.846 bits per heavy atom. The van der Waals surface area contributed by atoms with Gasteiger partial charge in [0.25, 0.3) is 5.69 Å². The van der Waals surface area contributed by atoms with Gasteiger partial charge in [0.15, 0.2) is 5.69 Å². The number of nitrogens with zero attached hydrogens (tertiary/aromatic N) is 3. The third-order valence-corrected chi connectivity index (χ3v) is 3.57. The molecule has 0 saturated carbocycles. The van der Waals surface area contributed by atoms with Crippen molar-refractivity contribution >= 4 is 17.1 Å². The summed E-state index contributed by atoms with van der Waals surface area (Å²) in [4.78, 5) is 10.8. The average Bonchev–Trinajstić information content (AvgIpc) is 2.60. The lowest BCUT2D eigenvalue weighted by Gasteiger charge is -2.08. The summed E-state index contributed by atoms with van der Waals surface area (Å²) in [5, 5.41) is 48.5. The number of nitro groups is 1. The molecule has 0 aliphatic rings. The highest BCUT2D eigenvalue weighted by Crippen LogP contribution is 2.42. The van der Waals surface area contributed by atoms with Crippen molar-refractivity contribution in [2.75, 3.05) is 0 Å². The second-order valence-corrected chi connectivity index (χ2v) is 5.36. The number of hydrogen-bond donors (Lipinski definition) is 3. The lowest BCUT2D eigenvalue weighted by atomic mass is 10.0. The van der Waals surface area contributed by atoms with E-state index < -0.39 is 16.4 Å². The van der Waals surface area contributed by atoms with Crippen LogP contribution in [-0.2, 0) is 0 Å². The minimum absolute atomic E-state index is 0.0281. The van der Waals surface area contributed by atoms with Gasteiger partial charge in [-0.25, -0.2) is 0 Å². The summed E-state index contributed by atoms with van der Waals surface area (Å²) in [6.07, 6.45) is 0. The second-order valence-electron chi connectivity index (χ2n) is 5.36. The van der Waals surface area contributed by atoms with Crippen molar-refractivity contribution in [3.63, 3.8) is 0 Å². The standard InChI is InChI=1S/C18H13N3O5/c22-13-9-16(23)18(17(24)10-13)11-6-7-14(15(8-11)21(25)26)20-19-12-4-2-1-3-5-12/h1-10,22-24H. The first-order valence-electron chi connectivity index (χ1n) is 7.46. The zero-order chi connectivity index (χ0) is 18.7. The molecule has 3 N–H and O–H groups in total. The third-order valence-electron chi connectivity index (χ3n) is 3.57. The van der Waals surface area contributed by atoms with Crippen LogP contribution in [0.5, 0.6) is 17.2 Å². The van der Waals surface area contributed by atoms with E-state index in [4.69, 9.17) is 0 Å². The van der Waals surface area contributed by atoms with E-state index in [1.54, 1.807) is 24.3 Å². The van der Waals surface area contributed by atoms with Crippen molar-refractivity contribution in [3.8, 4) is 28.4 Å². The van der Waals surface area contributed by atoms with Crippen LogP contribution in [0.3, 0.4) is 0 Å². The third kappa shape index (κ3) is 3.44. The van der Waals surface area contributed by atoms with Crippen molar-refractivity contribution < 1.29 is 20.2 Å².